The maximum absolute atomic E-state index is 13.4. The number of nitrogens with one attached hydrogen (secondary N) is 1. The standard InChI is InChI=1S/C21H20ClFN2O4/c22-15-8-13(9-16(23)11-15)12-24-19(26)21(28)5-6-25(20(21)27)17-3-4-18-14(10-17)2-1-7-29-18/h3-4,8-11,28H,1-2,5-7,12H2,(H,24,26). The van der Waals surface area contributed by atoms with Crippen LogP contribution in [-0.4, -0.2) is 35.7 Å². The number of anilines is 1. The van der Waals surface area contributed by atoms with Crippen LogP contribution in [0.5, 0.6) is 5.75 Å². The number of rotatable bonds is 4. The lowest BCUT2D eigenvalue weighted by Crippen LogP contribution is -2.52. The lowest BCUT2D eigenvalue weighted by molar-refractivity contribution is -0.149. The Labute approximate surface area is 172 Å². The quantitative estimate of drug-likeness (QED) is 0.748. The molecule has 4 rings (SSSR count). The first-order chi connectivity index (χ1) is 13.9. The molecule has 2 N–H and O–H groups in total. The molecule has 1 atom stereocenters. The van der Waals surface area contributed by atoms with E-state index >= 15 is 0 Å². The minimum absolute atomic E-state index is 0.0326. The summed E-state index contributed by atoms with van der Waals surface area (Å²) >= 11 is 5.81. The molecular formula is C21H20ClFN2O4. The molecule has 29 heavy (non-hydrogen) atoms. The predicted octanol–water partition coefficient (Wildman–Crippen LogP) is 2.59. The monoisotopic (exact) mass is 418 g/mol. The van der Waals surface area contributed by atoms with Crippen molar-refractivity contribution < 1.29 is 23.8 Å². The van der Waals surface area contributed by atoms with Gasteiger partial charge in [0.15, 0.2) is 0 Å². The van der Waals surface area contributed by atoms with E-state index in [-0.39, 0.29) is 24.5 Å². The van der Waals surface area contributed by atoms with Gasteiger partial charge in [0.1, 0.15) is 11.6 Å². The number of amides is 2. The van der Waals surface area contributed by atoms with Crippen molar-refractivity contribution in [2.24, 2.45) is 0 Å². The topological polar surface area (TPSA) is 78.9 Å². The summed E-state index contributed by atoms with van der Waals surface area (Å²) in [5.74, 6) is -1.22. The van der Waals surface area contributed by atoms with Gasteiger partial charge in [-0.05, 0) is 60.4 Å². The van der Waals surface area contributed by atoms with Crippen LogP contribution in [0.3, 0.4) is 0 Å². The van der Waals surface area contributed by atoms with E-state index in [1.165, 1.54) is 17.0 Å². The van der Waals surface area contributed by atoms with Crippen molar-refractivity contribution >= 4 is 29.1 Å². The summed E-state index contributed by atoms with van der Waals surface area (Å²) in [7, 11) is 0. The minimum Gasteiger partial charge on any atom is -0.493 e. The first kappa shape index (κ1) is 19.7. The summed E-state index contributed by atoms with van der Waals surface area (Å²) in [4.78, 5) is 26.8. The zero-order valence-electron chi connectivity index (χ0n) is 15.6. The molecule has 1 fully saturated rings. The van der Waals surface area contributed by atoms with Gasteiger partial charge in [-0.3, -0.25) is 9.59 Å². The number of carbonyl (C=O) groups excluding carboxylic acids is 2. The Morgan fingerprint density at radius 3 is 2.93 bits per heavy atom. The molecule has 152 valence electrons. The van der Waals surface area contributed by atoms with E-state index in [0.717, 1.165) is 30.2 Å². The molecule has 2 heterocycles. The Balaban J connectivity index is 1.47. The molecule has 2 aliphatic heterocycles. The second kappa shape index (κ2) is 7.65. The van der Waals surface area contributed by atoms with Crippen LogP contribution >= 0.6 is 11.6 Å². The number of halogens is 2. The number of fused-ring (bicyclic) bond motifs is 1. The molecule has 2 aliphatic rings. The average molecular weight is 419 g/mol. The maximum atomic E-state index is 13.4. The van der Waals surface area contributed by atoms with Gasteiger partial charge in [-0.25, -0.2) is 4.39 Å². The van der Waals surface area contributed by atoms with E-state index in [9.17, 15) is 19.1 Å². The maximum Gasteiger partial charge on any atom is 0.268 e. The molecule has 0 bridgehead atoms. The Bertz CT molecular complexity index is 963. The summed E-state index contributed by atoms with van der Waals surface area (Å²) in [6.07, 6.45) is 1.72. The van der Waals surface area contributed by atoms with Crippen LogP contribution < -0.4 is 15.0 Å². The second-order valence-corrected chi connectivity index (χ2v) is 7.71. The first-order valence-electron chi connectivity index (χ1n) is 9.40. The third-order valence-corrected chi connectivity index (χ3v) is 5.47. The third-order valence-electron chi connectivity index (χ3n) is 5.25. The van der Waals surface area contributed by atoms with E-state index < -0.39 is 23.2 Å². The molecule has 8 heteroatoms. The summed E-state index contributed by atoms with van der Waals surface area (Å²) in [6.45, 7) is 0.835. The van der Waals surface area contributed by atoms with E-state index in [4.69, 9.17) is 16.3 Å². The largest absolute Gasteiger partial charge is 0.493 e. The first-order valence-corrected chi connectivity index (χ1v) is 9.78. The molecule has 0 spiro atoms. The molecule has 0 aliphatic carbocycles. The normalized spacial score (nSPS) is 20.9. The average Bonchev–Trinajstić information content (AvgIpc) is 3.01. The van der Waals surface area contributed by atoms with Crippen molar-refractivity contribution in [3.05, 3.63) is 58.4 Å². The lowest BCUT2D eigenvalue weighted by atomic mass is 10.0. The SMILES string of the molecule is O=C(NCc1cc(F)cc(Cl)c1)C1(O)CCN(c2ccc3c(c2)CCCO3)C1=O. The number of aryl methyl sites for hydroxylation is 1. The van der Waals surface area contributed by atoms with Crippen LogP contribution in [-0.2, 0) is 22.6 Å². The van der Waals surface area contributed by atoms with Gasteiger partial charge in [-0.2, -0.15) is 0 Å². The molecule has 1 unspecified atom stereocenters. The minimum atomic E-state index is -2.16. The van der Waals surface area contributed by atoms with Crippen LogP contribution in [0.1, 0.15) is 24.0 Å². The zero-order chi connectivity index (χ0) is 20.6. The van der Waals surface area contributed by atoms with Crippen molar-refractivity contribution in [2.45, 2.75) is 31.4 Å². The molecule has 2 aromatic carbocycles. The number of benzene rings is 2. The van der Waals surface area contributed by atoms with Gasteiger partial charge in [0.05, 0.1) is 6.61 Å². The van der Waals surface area contributed by atoms with Gasteiger partial charge < -0.3 is 20.1 Å². The number of hydrogen-bond donors (Lipinski definition) is 2. The van der Waals surface area contributed by atoms with Gasteiger partial charge in [0, 0.05) is 30.2 Å². The number of nitrogens with zero attached hydrogens (tertiary/aromatic N) is 1. The third kappa shape index (κ3) is 3.80. The molecule has 0 radical (unpaired) electrons. The number of hydrogen-bond acceptors (Lipinski definition) is 4. The van der Waals surface area contributed by atoms with Crippen molar-refractivity contribution in [3.63, 3.8) is 0 Å². The number of carbonyl (C=O) groups is 2. The number of aliphatic hydroxyl groups is 1. The molecule has 2 aromatic rings. The van der Waals surface area contributed by atoms with Gasteiger partial charge in [0.2, 0.25) is 5.60 Å². The molecule has 0 saturated carbocycles. The predicted molar refractivity (Wildman–Crippen MR) is 105 cm³/mol. The van der Waals surface area contributed by atoms with Crippen molar-refractivity contribution in [1.29, 1.82) is 0 Å². The lowest BCUT2D eigenvalue weighted by Gasteiger charge is -2.24. The van der Waals surface area contributed by atoms with Gasteiger partial charge in [-0.15, -0.1) is 0 Å². The molecular weight excluding hydrogens is 399 g/mol. The van der Waals surface area contributed by atoms with Crippen LogP contribution in [0.4, 0.5) is 10.1 Å². The summed E-state index contributed by atoms with van der Waals surface area (Å²) in [6, 6.07) is 9.32. The fraction of sp³-hybridized carbons (Fsp3) is 0.333. The van der Waals surface area contributed by atoms with E-state index in [0.29, 0.717) is 17.9 Å². The fourth-order valence-corrected chi connectivity index (χ4v) is 3.96. The highest BCUT2D eigenvalue weighted by atomic mass is 35.5. The van der Waals surface area contributed by atoms with E-state index in [1.54, 1.807) is 6.07 Å². The zero-order valence-corrected chi connectivity index (χ0v) is 16.3. The Morgan fingerprint density at radius 2 is 2.14 bits per heavy atom. The van der Waals surface area contributed by atoms with Crippen LogP contribution in [0.2, 0.25) is 5.02 Å². The Hall–Kier alpha value is -2.64. The van der Waals surface area contributed by atoms with Crippen LogP contribution in [0.15, 0.2) is 36.4 Å². The second-order valence-electron chi connectivity index (χ2n) is 7.27. The molecule has 1 saturated heterocycles. The number of ether oxygens (including phenoxy) is 1. The van der Waals surface area contributed by atoms with Crippen molar-refractivity contribution in [1.82, 2.24) is 5.32 Å². The van der Waals surface area contributed by atoms with Crippen LogP contribution in [0, 0.1) is 5.82 Å². The fourth-order valence-electron chi connectivity index (χ4n) is 3.72. The van der Waals surface area contributed by atoms with Crippen molar-refractivity contribution in [3.8, 4) is 5.75 Å². The van der Waals surface area contributed by atoms with Crippen LogP contribution in [0.25, 0.3) is 0 Å². The molecule has 0 aromatic heterocycles. The Morgan fingerprint density at radius 1 is 1.31 bits per heavy atom. The van der Waals surface area contributed by atoms with Crippen molar-refractivity contribution in [2.75, 3.05) is 18.1 Å². The highest BCUT2D eigenvalue weighted by Crippen LogP contribution is 2.33. The highest BCUT2D eigenvalue weighted by molar-refractivity contribution is 6.30. The smallest absolute Gasteiger partial charge is 0.268 e. The highest BCUT2D eigenvalue weighted by Gasteiger charge is 2.51. The summed E-state index contributed by atoms with van der Waals surface area (Å²) in [5.41, 5.74) is -0.1000. The van der Waals surface area contributed by atoms with Gasteiger partial charge in [0.25, 0.3) is 11.8 Å². The van der Waals surface area contributed by atoms with E-state index in [1.807, 2.05) is 12.1 Å². The van der Waals surface area contributed by atoms with Gasteiger partial charge >= 0.3 is 0 Å². The summed E-state index contributed by atoms with van der Waals surface area (Å²) < 4.78 is 19.0. The van der Waals surface area contributed by atoms with E-state index in [2.05, 4.69) is 5.32 Å². The molecule has 2 amide bonds. The Kier molecular flexibility index (Phi) is 5.19. The summed E-state index contributed by atoms with van der Waals surface area (Å²) in [5, 5.41) is 13.5. The van der Waals surface area contributed by atoms with Gasteiger partial charge in [-0.1, -0.05) is 11.6 Å². The molecule has 6 nitrogen and oxygen atoms in total.